The fourth-order valence-electron chi connectivity index (χ4n) is 3.98. The maximum Gasteiger partial charge on any atom is 0.223 e. The van der Waals surface area contributed by atoms with Gasteiger partial charge in [-0.2, -0.15) is 0 Å². The van der Waals surface area contributed by atoms with Crippen LogP contribution in [0.2, 0.25) is 0 Å². The molecule has 2 aliphatic rings. The van der Waals surface area contributed by atoms with Crippen LogP contribution in [0.4, 0.5) is 5.82 Å². The van der Waals surface area contributed by atoms with Crippen LogP contribution in [0.3, 0.4) is 0 Å². The highest BCUT2D eigenvalue weighted by Crippen LogP contribution is 2.31. The molecule has 2 atom stereocenters. The summed E-state index contributed by atoms with van der Waals surface area (Å²) < 4.78 is 0. The van der Waals surface area contributed by atoms with E-state index < -0.39 is 0 Å². The standard InChI is InChI=1S/C18H29N5O.2ClH/c1-2-14-10-17(21-12-20-14)23-8-6-15(7-9-23)22-18(24)16-5-3-4-13(16)11-19;;/h10,12-13,15-16H,2-9,11,19H2,1H3,(H,22,24);2*1H/t13-,16-;;/m1../s1. The number of hydrogen-bond donors (Lipinski definition) is 2. The Morgan fingerprint density at radius 1 is 1.23 bits per heavy atom. The molecule has 8 heteroatoms. The van der Waals surface area contributed by atoms with Crippen molar-refractivity contribution in [1.29, 1.82) is 0 Å². The summed E-state index contributed by atoms with van der Waals surface area (Å²) in [4.78, 5) is 23.5. The number of nitrogens with two attached hydrogens (primary N) is 1. The van der Waals surface area contributed by atoms with Crippen LogP contribution in [0.5, 0.6) is 0 Å². The van der Waals surface area contributed by atoms with Gasteiger partial charge in [-0.05, 0) is 44.6 Å². The zero-order valence-electron chi connectivity index (χ0n) is 15.4. The van der Waals surface area contributed by atoms with Gasteiger partial charge in [0.15, 0.2) is 0 Å². The lowest BCUT2D eigenvalue weighted by Gasteiger charge is -2.34. The molecule has 0 unspecified atom stereocenters. The Bertz CT molecular complexity index is 566. The van der Waals surface area contributed by atoms with E-state index >= 15 is 0 Å². The second-order valence-electron chi connectivity index (χ2n) is 7.02. The number of aryl methyl sites for hydroxylation is 1. The van der Waals surface area contributed by atoms with Gasteiger partial charge in [0.1, 0.15) is 12.1 Å². The van der Waals surface area contributed by atoms with Crippen molar-refractivity contribution in [3.63, 3.8) is 0 Å². The topological polar surface area (TPSA) is 84.1 Å². The summed E-state index contributed by atoms with van der Waals surface area (Å²) in [6, 6.07) is 2.35. The van der Waals surface area contributed by atoms with Gasteiger partial charge >= 0.3 is 0 Å². The van der Waals surface area contributed by atoms with Gasteiger partial charge in [0, 0.05) is 36.8 Å². The molecule has 6 nitrogen and oxygen atoms in total. The minimum absolute atomic E-state index is 0. The van der Waals surface area contributed by atoms with Crippen LogP contribution >= 0.6 is 24.8 Å². The highest BCUT2D eigenvalue weighted by Gasteiger charge is 2.33. The van der Waals surface area contributed by atoms with Crippen LogP contribution in [-0.4, -0.2) is 41.6 Å². The smallest absolute Gasteiger partial charge is 0.223 e. The molecule has 0 spiro atoms. The number of carbonyl (C=O) groups is 1. The van der Waals surface area contributed by atoms with Gasteiger partial charge in [-0.15, -0.1) is 24.8 Å². The molecule has 3 N–H and O–H groups in total. The molecule has 0 aromatic carbocycles. The predicted octanol–water partition coefficient (Wildman–Crippen LogP) is 2.34. The molecule has 2 fully saturated rings. The predicted molar refractivity (Wildman–Crippen MR) is 109 cm³/mol. The third kappa shape index (κ3) is 5.44. The van der Waals surface area contributed by atoms with E-state index in [1.807, 2.05) is 0 Å². The lowest BCUT2D eigenvalue weighted by Crippen LogP contribution is -2.47. The van der Waals surface area contributed by atoms with E-state index in [4.69, 9.17) is 5.73 Å². The van der Waals surface area contributed by atoms with Crippen LogP contribution in [-0.2, 0) is 11.2 Å². The van der Waals surface area contributed by atoms with Crippen LogP contribution in [0.15, 0.2) is 12.4 Å². The Morgan fingerprint density at radius 3 is 2.62 bits per heavy atom. The van der Waals surface area contributed by atoms with Crippen molar-refractivity contribution in [3.8, 4) is 0 Å². The second-order valence-corrected chi connectivity index (χ2v) is 7.02. The molecule has 0 radical (unpaired) electrons. The number of halogens is 2. The molecule has 0 bridgehead atoms. The first kappa shape index (κ1) is 22.9. The summed E-state index contributed by atoms with van der Waals surface area (Å²) in [6.07, 6.45) is 7.73. The van der Waals surface area contributed by atoms with E-state index in [1.165, 1.54) is 0 Å². The van der Waals surface area contributed by atoms with E-state index in [0.717, 1.165) is 63.1 Å². The van der Waals surface area contributed by atoms with E-state index in [0.29, 0.717) is 12.5 Å². The number of aromatic nitrogens is 2. The van der Waals surface area contributed by atoms with Gasteiger partial charge < -0.3 is 16.0 Å². The molecule has 1 saturated carbocycles. The highest BCUT2D eigenvalue weighted by molar-refractivity contribution is 5.85. The number of amides is 1. The molecule has 3 rings (SSSR count). The van der Waals surface area contributed by atoms with Crippen molar-refractivity contribution in [3.05, 3.63) is 18.1 Å². The fourth-order valence-corrected chi connectivity index (χ4v) is 3.98. The van der Waals surface area contributed by atoms with Crippen molar-refractivity contribution in [2.24, 2.45) is 17.6 Å². The Kier molecular flexibility index (Phi) is 9.61. The Labute approximate surface area is 168 Å². The zero-order valence-corrected chi connectivity index (χ0v) is 17.0. The van der Waals surface area contributed by atoms with Gasteiger partial charge in [-0.1, -0.05) is 13.3 Å². The van der Waals surface area contributed by atoms with Crippen molar-refractivity contribution < 1.29 is 4.79 Å². The van der Waals surface area contributed by atoms with Crippen LogP contribution in [0, 0.1) is 11.8 Å². The summed E-state index contributed by atoms with van der Waals surface area (Å²) in [7, 11) is 0. The number of hydrogen-bond acceptors (Lipinski definition) is 5. The average molecular weight is 404 g/mol. The van der Waals surface area contributed by atoms with Gasteiger partial charge in [0.25, 0.3) is 0 Å². The SMILES string of the molecule is CCc1cc(N2CCC(NC(=O)[C@@H]3CCC[C@@H]3CN)CC2)ncn1.Cl.Cl. The third-order valence-corrected chi connectivity index (χ3v) is 5.54. The average Bonchev–Trinajstić information content (AvgIpc) is 3.11. The molecule has 1 aromatic heterocycles. The minimum Gasteiger partial charge on any atom is -0.356 e. The summed E-state index contributed by atoms with van der Waals surface area (Å²) in [5, 5.41) is 3.27. The number of nitrogens with one attached hydrogen (secondary N) is 1. The van der Waals surface area contributed by atoms with E-state index in [2.05, 4.69) is 33.2 Å². The summed E-state index contributed by atoms with van der Waals surface area (Å²) >= 11 is 0. The van der Waals surface area contributed by atoms with Crippen molar-refractivity contribution in [2.75, 3.05) is 24.5 Å². The molecule has 2 heterocycles. The van der Waals surface area contributed by atoms with Crippen LogP contribution in [0.25, 0.3) is 0 Å². The molecular weight excluding hydrogens is 373 g/mol. The number of anilines is 1. The fraction of sp³-hybridized carbons (Fsp3) is 0.722. The highest BCUT2D eigenvalue weighted by atomic mass is 35.5. The molecular formula is C18H31Cl2N5O. The van der Waals surface area contributed by atoms with Crippen molar-refractivity contribution >= 4 is 36.5 Å². The summed E-state index contributed by atoms with van der Waals surface area (Å²) in [5.41, 5.74) is 6.88. The van der Waals surface area contributed by atoms with Crippen LogP contribution in [0.1, 0.15) is 44.7 Å². The molecule has 1 amide bonds. The van der Waals surface area contributed by atoms with Crippen molar-refractivity contribution in [1.82, 2.24) is 15.3 Å². The quantitative estimate of drug-likeness (QED) is 0.787. The van der Waals surface area contributed by atoms with Gasteiger partial charge in [-0.3, -0.25) is 4.79 Å². The third-order valence-electron chi connectivity index (χ3n) is 5.54. The summed E-state index contributed by atoms with van der Waals surface area (Å²) in [6.45, 7) is 4.59. The molecule has 1 saturated heterocycles. The Morgan fingerprint density at radius 2 is 1.96 bits per heavy atom. The number of piperidine rings is 1. The number of carbonyl (C=O) groups excluding carboxylic acids is 1. The minimum atomic E-state index is 0. The van der Waals surface area contributed by atoms with E-state index in [-0.39, 0.29) is 42.7 Å². The largest absolute Gasteiger partial charge is 0.356 e. The van der Waals surface area contributed by atoms with Crippen LogP contribution < -0.4 is 16.0 Å². The normalized spacial score (nSPS) is 23.1. The maximum absolute atomic E-state index is 12.5. The van der Waals surface area contributed by atoms with E-state index in [9.17, 15) is 4.79 Å². The Hall–Kier alpha value is -1.11. The Balaban J connectivity index is 0.00000169. The lowest BCUT2D eigenvalue weighted by molar-refractivity contribution is -0.126. The molecule has 1 aliphatic carbocycles. The summed E-state index contributed by atoms with van der Waals surface area (Å²) in [5.74, 6) is 1.72. The maximum atomic E-state index is 12.5. The molecule has 148 valence electrons. The first-order chi connectivity index (χ1) is 11.7. The molecule has 26 heavy (non-hydrogen) atoms. The first-order valence-corrected chi connectivity index (χ1v) is 9.27. The van der Waals surface area contributed by atoms with Gasteiger partial charge in [0.2, 0.25) is 5.91 Å². The van der Waals surface area contributed by atoms with E-state index in [1.54, 1.807) is 6.33 Å². The van der Waals surface area contributed by atoms with Gasteiger partial charge in [0.05, 0.1) is 0 Å². The second kappa shape index (κ2) is 10.9. The molecule has 1 aliphatic heterocycles. The zero-order chi connectivity index (χ0) is 16.9. The first-order valence-electron chi connectivity index (χ1n) is 9.27. The van der Waals surface area contributed by atoms with Gasteiger partial charge in [-0.25, -0.2) is 9.97 Å². The monoisotopic (exact) mass is 403 g/mol. The van der Waals surface area contributed by atoms with Crippen molar-refractivity contribution in [2.45, 2.75) is 51.5 Å². The number of rotatable bonds is 5. The number of nitrogens with zero attached hydrogens (tertiary/aromatic N) is 3. The molecule has 1 aromatic rings. The lowest BCUT2D eigenvalue weighted by atomic mass is 9.94.